The summed E-state index contributed by atoms with van der Waals surface area (Å²) in [5.74, 6) is 0.919. The van der Waals surface area contributed by atoms with Gasteiger partial charge in [-0.25, -0.2) is 0 Å². The van der Waals surface area contributed by atoms with Crippen molar-refractivity contribution in [3.8, 4) is 5.75 Å². The summed E-state index contributed by atoms with van der Waals surface area (Å²) >= 11 is 0. The number of unbranched alkanes of at least 4 members (excludes halogenated alkanes) is 1. The van der Waals surface area contributed by atoms with Gasteiger partial charge in [0, 0.05) is 49.8 Å². The average molecular weight is 339 g/mol. The van der Waals surface area contributed by atoms with Crippen LogP contribution in [0, 0.1) is 0 Å². The molecule has 1 aromatic heterocycles. The Morgan fingerprint density at radius 1 is 1.04 bits per heavy atom. The molecular weight excluding hydrogens is 314 g/mol. The third-order valence-electron chi connectivity index (χ3n) is 4.46. The lowest BCUT2D eigenvalue weighted by molar-refractivity contribution is 0.0746. The van der Waals surface area contributed by atoms with Crippen molar-refractivity contribution in [1.82, 2.24) is 9.88 Å². The van der Waals surface area contributed by atoms with E-state index < -0.39 is 0 Å². The van der Waals surface area contributed by atoms with Crippen LogP contribution in [-0.4, -0.2) is 48.6 Å². The van der Waals surface area contributed by atoms with E-state index in [0.717, 1.165) is 62.6 Å². The Bertz CT molecular complexity index is 665. The van der Waals surface area contributed by atoms with Gasteiger partial charge in [-0.1, -0.05) is 13.3 Å². The molecule has 1 aliphatic heterocycles. The third-order valence-corrected chi connectivity index (χ3v) is 4.46. The number of anilines is 1. The summed E-state index contributed by atoms with van der Waals surface area (Å²) in [6.45, 7) is 6.01. The molecule has 1 aromatic carbocycles. The van der Waals surface area contributed by atoms with Crippen molar-refractivity contribution in [1.29, 1.82) is 0 Å². The Morgan fingerprint density at radius 2 is 1.72 bits per heavy atom. The largest absolute Gasteiger partial charge is 0.494 e. The molecule has 1 aliphatic rings. The molecule has 2 aromatic rings. The summed E-state index contributed by atoms with van der Waals surface area (Å²) in [4.78, 5) is 20.9. The summed E-state index contributed by atoms with van der Waals surface area (Å²) in [5.41, 5.74) is 1.89. The summed E-state index contributed by atoms with van der Waals surface area (Å²) < 4.78 is 5.65. The van der Waals surface area contributed by atoms with Gasteiger partial charge in [-0.3, -0.25) is 9.78 Å². The lowest BCUT2D eigenvalue weighted by atomic mass is 10.1. The highest BCUT2D eigenvalue weighted by Gasteiger charge is 2.22. The van der Waals surface area contributed by atoms with E-state index in [1.165, 1.54) is 0 Å². The number of benzene rings is 1. The van der Waals surface area contributed by atoms with Gasteiger partial charge < -0.3 is 14.5 Å². The van der Waals surface area contributed by atoms with Crippen molar-refractivity contribution in [3.63, 3.8) is 0 Å². The number of ether oxygens (including phenoxy) is 1. The quantitative estimate of drug-likeness (QED) is 0.758. The monoisotopic (exact) mass is 339 g/mol. The molecule has 0 atom stereocenters. The molecule has 1 fully saturated rings. The molecule has 1 amide bonds. The van der Waals surface area contributed by atoms with E-state index in [9.17, 15) is 4.79 Å². The van der Waals surface area contributed by atoms with Crippen molar-refractivity contribution < 1.29 is 9.53 Å². The van der Waals surface area contributed by atoms with Gasteiger partial charge in [0.25, 0.3) is 5.91 Å². The predicted octanol–water partition coefficient (Wildman–Crippen LogP) is 3.22. The minimum absolute atomic E-state index is 0.0921. The van der Waals surface area contributed by atoms with Crippen molar-refractivity contribution in [2.24, 2.45) is 0 Å². The zero-order chi connectivity index (χ0) is 17.5. The van der Waals surface area contributed by atoms with E-state index in [4.69, 9.17) is 4.74 Å². The van der Waals surface area contributed by atoms with E-state index >= 15 is 0 Å². The number of aromatic nitrogens is 1. The van der Waals surface area contributed by atoms with Crippen molar-refractivity contribution in [2.75, 3.05) is 37.7 Å². The molecule has 5 nitrogen and oxygen atoms in total. The van der Waals surface area contributed by atoms with Crippen LogP contribution in [0.15, 0.2) is 48.8 Å². The van der Waals surface area contributed by atoms with Crippen LogP contribution in [0.3, 0.4) is 0 Å². The second-order valence-corrected chi connectivity index (χ2v) is 6.21. The summed E-state index contributed by atoms with van der Waals surface area (Å²) in [5, 5.41) is 0. The number of pyridine rings is 1. The highest BCUT2D eigenvalue weighted by molar-refractivity contribution is 5.94. The van der Waals surface area contributed by atoms with E-state index in [1.54, 1.807) is 12.4 Å². The van der Waals surface area contributed by atoms with E-state index in [-0.39, 0.29) is 5.91 Å². The van der Waals surface area contributed by atoms with Gasteiger partial charge in [0.1, 0.15) is 5.75 Å². The Hall–Kier alpha value is -2.56. The highest BCUT2D eigenvalue weighted by Crippen LogP contribution is 2.18. The Morgan fingerprint density at radius 3 is 2.36 bits per heavy atom. The molecule has 0 unspecified atom stereocenters. The van der Waals surface area contributed by atoms with Gasteiger partial charge in [0.15, 0.2) is 0 Å². The Kier molecular flexibility index (Phi) is 5.88. The van der Waals surface area contributed by atoms with Crippen molar-refractivity contribution in [2.45, 2.75) is 19.8 Å². The minimum atomic E-state index is 0.0921. The van der Waals surface area contributed by atoms with E-state index in [2.05, 4.69) is 16.8 Å². The van der Waals surface area contributed by atoms with Gasteiger partial charge in [-0.05, 0) is 42.8 Å². The average Bonchev–Trinajstić information content (AvgIpc) is 2.69. The number of carbonyl (C=O) groups is 1. The summed E-state index contributed by atoms with van der Waals surface area (Å²) in [6, 6.07) is 11.5. The maximum Gasteiger partial charge on any atom is 0.253 e. The summed E-state index contributed by atoms with van der Waals surface area (Å²) in [7, 11) is 0. The van der Waals surface area contributed by atoms with E-state index in [1.807, 2.05) is 41.3 Å². The van der Waals surface area contributed by atoms with Crippen LogP contribution in [0.1, 0.15) is 30.1 Å². The maximum absolute atomic E-state index is 12.7. The smallest absolute Gasteiger partial charge is 0.253 e. The topological polar surface area (TPSA) is 45.7 Å². The SMILES string of the molecule is CCCCOc1ccc(C(=O)N2CCN(c3ccncc3)CC2)cc1. The molecule has 0 N–H and O–H groups in total. The van der Waals surface area contributed by atoms with Crippen LogP contribution in [0.2, 0.25) is 0 Å². The van der Waals surface area contributed by atoms with Gasteiger partial charge in [-0.15, -0.1) is 0 Å². The predicted molar refractivity (Wildman–Crippen MR) is 99.2 cm³/mol. The van der Waals surface area contributed by atoms with Gasteiger partial charge in [-0.2, -0.15) is 0 Å². The molecule has 25 heavy (non-hydrogen) atoms. The molecular formula is C20H25N3O2. The molecule has 132 valence electrons. The number of hydrogen-bond acceptors (Lipinski definition) is 4. The van der Waals surface area contributed by atoms with Crippen LogP contribution in [0.5, 0.6) is 5.75 Å². The fourth-order valence-electron chi connectivity index (χ4n) is 2.93. The molecule has 1 saturated heterocycles. The van der Waals surface area contributed by atoms with Crippen LogP contribution < -0.4 is 9.64 Å². The normalized spacial score (nSPS) is 14.4. The molecule has 0 aliphatic carbocycles. The van der Waals surface area contributed by atoms with Gasteiger partial charge >= 0.3 is 0 Å². The molecule has 5 heteroatoms. The number of hydrogen-bond donors (Lipinski definition) is 0. The number of amides is 1. The van der Waals surface area contributed by atoms with Crippen molar-refractivity contribution in [3.05, 3.63) is 54.4 Å². The highest BCUT2D eigenvalue weighted by atomic mass is 16.5. The van der Waals surface area contributed by atoms with E-state index in [0.29, 0.717) is 0 Å². The second-order valence-electron chi connectivity index (χ2n) is 6.21. The second kappa shape index (κ2) is 8.51. The minimum Gasteiger partial charge on any atom is -0.494 e. The molecule has 0 saturated carbocycles. The fourth-order valence-corrected chi connectivity index (χ4v) is 2.93. The Labute approximate surface area is 149 Å². The first-order valence-electron chi connectivity index (χ1n) is 8.95. The molecule has 2 heterocycles. The first-order valence-corrected chi connectivity index (χ1v) is 8.95. The van der Waals surface area contributed by atoms with Crippen molar-refractivity contribution >= 4 is 11.6 Å². The lowest BCUT2D eigenvalue weighted by Crippen LogP contribution is -2.48. The first kappa shape index (κ1) is 17.3. The number of carbonyl (C=O) groups excluding carboxylic acids is 1. The van der Waals surface area contributed by atoms with Gasteiger partial charge in [0.05, 0.1) is 6.61 Å². The van der Waals surface area contributed by atoms with Gasteiger partial charge in [0.2, 0.25) is 0 Å². The van der Waals surface area contributed by atoms with Crippen LogP contribution in [0.4, 0.5) is 5.69 Å². The molecule has 3 rings (SSSR count). The van der Waals surface area contributed by atoms with Crippen LogP contribution in [0.25, 0.3) is 0 Å². The van der Waals surface area contributed by atoms with Crippen LogP contribution in [-0.2, 0) is 0 Å². The third kappa shape index (κ3) is 4.50. The summed E-state index contributed by atoms with van der Waals surface area (Å²) in [6.07, 6.45) is 5.76. The van der Waals surface area contributed by atoms with Crippen LogP contribution >= 0.6 is 0 Å². The number of piperazine rings is 1. The molecule has 0 radical (unpaired) electrons. The zero-order valence-electron chi connectivity index (χ0n) is 14.7. The lowest BCUT2D eigenvalue weighted by Gasteiger charge is -2.36. The number of nitrogens with zero attached hydrogens (tertiary/aromatic N) is 3. The number of rotatable bonds is 6. The fraction of sp³-hybridized carbons (Fsp3) is 0.400. The Balaban J connectivity index is 1.53. The zero-order valence-corrected chi connectivity index (χ0v) is 14.7. The standard InChI is InChI=1S/C20H25N3O2/c1-2-3-16-25-19-6-4-17(5-7-19)20(24)23-14-12-22(13-15-23)18-8-10-21-11-9-18/h4-11H,2-3,12-16H2,1H3. The maximum atomic E-state index is 12.7. The molecule has 0 spiro atoms. The molecule has 0 bridgehead atoms. The first-order chi connectivity index (χ1) is 12.3.